The zero-order valence-corrected chi connectivity index (χ0v) is 15.8. The van der Waals surface area contributed by atoms with Gasteiger partial charge in [0.1, 0.15) is 0 Å². The van der Waals surface area contributed by atoms with Crippen molar-refractivity contribution >= 4 is 15.9 Å². The second-order valence-electron chi connectivity index (χ2n) is 6.17. The van der Waals surface area contributed by atoms with Gasteiger partial charge in [-0.05, 0) is 37.1 Å². The second-order valence-corrected chi connectivity index (χ2v) is 7.93. The van der Waals surface area contributed by atoms with Gasteiger partial charge in [0.15, 0.2) is 0 Å². The summed E-state index contributed by atoms with van der Waals surface area (Å²) in [4.78, 5) is 13.9. The molecule has 0 saturated carbocycles. The molecule has 25 heavy (non-hydrogen) atoms. The first kappa shape index (κ1) is 19.1. The van der Waals surface area contributed by atoms with Crippen molar-refractivity contribution in [3.05, 3.63) is 47.3 Å². The van der Waals surface area contributed by atoms with E-state index in [2.05, 4.69) is 9.82 Å². The Hall–Kier alpha value is -2.19. The summed E-state index contributed by atoms with van der Waals surface area (Å²) in [5.41, 5.74) is 2.87. The monoisotopic (exact) mass is 364 g/mol. The number of benzene rings is 1. The molecule has 1 amide bonds. The molecule has 1 aromatic heterocycles. The minimum atomic E-state index is -3.61. The van der Waals surface area contributed by atoms with Crippen LogP contribution in [0.25, 0.3) is 0 Å². The Morgan fingerprint density at radius 2 is 2.00 bits per heavy atom. The molecule has 7 nitrogen and oxygen atoms in total. The van der Waals surface area contributed by atoms with Crippen LogP contribution in [0.5, 0.6) is 0 Å². The van der Waals surface area contributed by atoms with Gasteiger partial charge < -0.3 is 4.90 Å². The van der Waals surface area contributed by atoms with Gasteiger partial charge in [0.2, 0.25) is 15.9 Å². The van der Waals surface area contributed by atoms with Crippen molar-refractivity contribution < 1.29 is 13.2 Å². The summed E-state index contributed by atoms with van der Waals surface area (Å²) in [5, 5.41) is 4.06. The molecule has 1 aromatic carbocycles. The minimum Gasteiger partial charge on any atom is -0.341 e. The Bertz CT molecular complexity index is 859. The number of rotatable bonds is 7. The van der Waals surface area contributed by atoms with Crippen LogP contribution in [0, 0.1) is 13.8 Å². The Labute approximate surface area is 148 Å². The highest BCUT2D eigenvalue weighted by Crippen LogP contribution is 2.14. The lowest BCUT2D eigenvalue weighted by Gasteiger charge is -2.16. The lowest BCUT2D eigenvalue weighted by atomic mass is 10.1. The summed E-state index contributed by atoms with van der Waals surface area (Å²) in [7, 11) is -0.110. The second kappa shape index (κ2) is 7.79. The molecule has 136 valence electrons. The third kappa shape index (κ3) is 5.14. The molecule has 0 radical (unpaired) electrons. The molecule has 8 heteroatoms. The van der Waals surface area contributed by atoms with Gasteiger partial charge in [-0.25, -0.2) is 13.1 Å². The number of nitrogens with one attached hydrogen (secondary N) is 1. The number of aromatic nitrogens is 2. The summed E-state index contributed by atoms with van der Waals surface area (Å²) in [6.45, 7) is 4.29. The van der Waals surface area contributed by atoms with Crippen LogP contribution in [0.2, 0.25) is 0 Å². The average molecular weight is 364 g/mol. The number of hydrogen-bond donors (Lipinski definition) is 1. The van der Waals surface area contributed by atoms with Gasteiger partial charge in [-0.15, -0.1) is 0 Å². The first-order valence-corrected chi connectivity index (χ1v) is 9.46. The third-order valence-corrected chi connectivity index (χ3v) is 5.48. The van der Waals surface area contributed by atoms with Crippen molar-refractivity contribution in [2.45, 2.75) is 31.7 Å². The summed E-state index contributed by atoms with van der Waals surface area (Å²) in [6.07, 6.45) is 3.64. The zero-order valence-electron chi connectivity index (χ0n) is 15.0. The Morgan fingerprint density at radius 3 is 2.60 bits per heavy atom. The van der Waals surface area contributed by atoms with E-state index in [0.717, 1.165) is 16.7 Å². The normalized spacial score (nSPS) is 11.5. The van der Waals surface area contributed by atoms with Gasteiger partial charge in [-0.1, -0.05) is 6.07 Å². The van der Waals surface area contributed by atoms with Crippen molar-refractivity contribution in [2.75, 3.05) is 13.6 Å². The van der Waals surface area contributed by atoms with Crippen LogP contribution >= 0.6 is 0 Å². The van der Waals surface area contributed by atoms with Crippen molar-refractivity contribution in [1.29, 1.82) is 0 Å². The summed E-state index contributed by atoms with van der Waals surface area (Å²) >= 11 is 0. The molecule has 0 unspecified atom stereocenters. The lowest BCUT2D eigenvalue weighted by Crippen LogP contribution is -2.31. The molecular weight excluding hydrogens is 340 g/mol. The maximum Gasteiger partial charge on any atom is 0.240 e. The highest BCUT2D eigenvalue weighted by atomic mass is 32.2. The molecule has 2 aromatic rings. The maximum atomic E-state index is 12.3. The molecule has 0 fully saturated rings. The highest BCUT2D eigenvalue weighted by molar-refractivity contribution is 7.89. The molecule has 2 rings (SSSR count). The maximum absolute atomic E-state index is 12.3. The van der Waals surface area contributed by atoms with E-state index in [9.17, 15) is 13.2 Å². The predicted molar refractivity (Wildman–Crippen MR) is 95.4 cm³/mol. The number of aryl methyl sites for hydroxylation is 3. The molecule has 0 aliphatic carbocycles. The van der Waals surface area contributed by atoms with Crippen molar-refractivity contribution in [2.24, 2.45) is 7.05 Å². The standard InChI is InChI=1S/C17H24N4O3S/c1-13-5-6-16(9-14(13)2)25(23,24)19-8-7-17(22)20(3)11-15-10-18-21(4)12-15/h5-6,9-10,12,19H,7-8,11H2,1-4H3. The van der Waals surface area contributed by atoms with Crippen LogP contribution in [0.3, 0.4) is 0 Å². The molecule has 0 spiro atoms. The molecule has 1 N–H and O–H groups in total. The van der Waals surface area contributed by atoms with E-state index in [0.29, 0.717) is 6.54 Å². The molecule has 0 aliphatic heterocycles. The third-order valence-electron chi connectivity index (χ3n) is 4.02. The summed E-state index contributed by atoms with van der Waals surface area (Å²) in [6, 6.07) is 4.98. The van der Waals surface area contributed by atoms with Gasteiger partial charge >= 0.3 is 0 Å². The largest absolute Gasteiger partial charge is 0.341 e. The smallest absolute Gasteiger partial charge is 0.240 e. The first-order valence-electron chi connectivity index (χ1n) is 7.97. The van der Waals surface area contributed by atoms with Crippen LogP contribution in [0.4, 0.5) is 0 Å². The minimum absolute atomic E-state index is 0.0610. The van der Waals surface area contributed by atoms with Crippen molar-refractivity contribution in [3.63, 3.8) is 0 Å². The fourth-order valence-electron chi connectivity index (χ4n) is 2.36. The number of carbonyl (C=O) groups excluding carboxylic acids is 1. The molecule has 0 atom stereocenters. The summed E-state index contributed by atoms with van der Waals surface area (Å²) in [5.74, 6) is -0.133. The van der Waals surface area contributed by atoms with Gasteiger partial charge in [-0.2, -0.15) is 5.10 Å². The van der Waals surface area contributed by atoms with E-state index in [1.54, 1.807) is 41.0 Å². The molecule has 0 saturated heterocycles. The van der Waals surface area contributed by atoms with Crippen LogP contribution in [-0.4, -0.2) is 42.6 Å². The van der Waals surface area contributed by atoms with Crippen LogP contribution in [0.1, 0.15) is 23.1 Å². The number of hydrogen-bond acceptors (Lipinski definition) is 4. The number of carbonyl (C=O) groups is 1. The van der Waals surface area contributed by atoms with E-state index in [4.69, 9.17) is 0 Å². The van der Waals surface area contributed by atoms with Crippen LogP contribution in [0.15, 0.2) is 35.5 Å². The van der Waals surface area contributed by atoms with Gasteiger partial charge in [-0.3, -0.25) is 9.48 Å². The van der Waals surface area contributed by atoms with Crippen molar-refractivity contribution in [3.8, 4) is 0 Å². The van der Waals surface area contributed by atoms with Gasteiger partial charge in [0.25, 0.3) is 0 Å². The van der Waals surface area contributed by atoms with E-state index in [-0.39, 0.29) is 23.8 Å². The fourth-order valence-corrected chi connectivity index (χ4v) is 3.48. The number of amides is 1. The lowest BCUT2D eigenvalue weighted by molar-refractivity contribution is -0.130. The molecule has 0 aliphatic rings. The quantitative estimate of drug-likeness (QED) is 0.804. The van der Waals surface area contributed by atoms with Gasteiger partial charge in [0.05, 0.1) is 11.1 Å². The SMILES string of the molecule is Cc1ccc(S(=O)(=O)NCCC(=O)N(C)Cc2cnn(C)c2)cc1C. The molecule has 0 bridgehead atoms. The number of nitrogens with zero attached hydrogens (tertiary/aromatic N) is 3. The van der Waals surface area contributed by atoms with Crippen LogP contribution in [-0.2, 0) is 28.4 Å². The van der Waals surface area contributed by atoms with E-state index >= 15 is 0 Å². The van der Waals surface area contributed by atoms with Crippen LogP contribution < -0.4 is 4.72 Å². The fraction of sp³-hybridized carbons (Fsp3) is 0.412. The molecule has 1 heterocycles. The Kier molecular flexibility index (Phi) is 5.97. The Balaban J connectivity index is 1.88. The van der Waals surface area contributed by atoms with E-state index in [1.807, 2.05) is 27.1 Å². The molecular formula is C17H24N4O3S. The summed E-state index contributed by atoms with van der Waals surface area (Å²) < 4.78 is 28.7. The van der Waals surface area contributed by atoms with E-state index in [1.165, 1.54) is 0 Å². The predicted octanol–water partition coefficient (Wildman–Crippen LogP) is 1.36. The van der Waals surface area contributed by atoms with Crippen molar-refractivity contribution in [1.82, 2.24) is 19.4 Å². The highest BCUT2D eigenvalue weighted by Gasteiger charge is 2.16. The van der Waals surface area contributed by atoms with E-state index < -0.39 is 10.0 Å². The Morgan fingerprint density at radius 1 is 1.28 bits per heavy atom. The number of sulfonamides is 1. The topological polar surface area (TPSA) is 84.3 Å². The average Bonchev–Trinajstić information content (AvgIpc) is 2.94. The first-order chi connectivity index (χ1) is 11.7. The van der Waals surface area contributed by atoms with Gasteiger partial charge in [0, 0.05) is 45.4 Å². The zero-order chi connectivity index (χ0) is 18.6.